The SMILES string of the molecule is CSc1ccc(C2(N)CCC2)c(C)c1. The zero-order chi connectivity index (χ0) is 10.2. The highest BCUT2D eigenvalue weighted by molar-refractivity contribution is 7.98. The molecule has 2 heteroatoms. The summed E-state index contributed by atoms with van der Waals surface area (Å²) in [6, 6.07) is 6.63. The second-order valence-corrected chi connectivity index (χ2v) is 5.07. The van der Waals surface area contributed by atoms with Gasteiger partial charge in [-0.25, -0.2) is 0 Å². The van der Waals surface area contributed by atoms with Gasteiger partial charge >= 0.3 is 0 Å². The molecule has 0 unspecified atom stereocenters. The summed E-state index contributed by atoms with van der Waals surface area (Å²) in [5, 5.41) is 0. The van der Waals surface area contributed by atoms with Crippen molar-refractivity contribution in [2.45, 2.75) is 36.6 Å². The van der Waals surface area contributed by atoms with Crippen LogP contribution in [-0.4, -0.2) is 6.26 Å². The van der Waals surface area contributed by atoms with Crippen LogP contribution in [0.1, 0.15) is 30.4 Å². The van der Waals surface area contributed by atoms with Crippen molar-refractivity contribution in [2.24, 2.45) is 5.73 Å². The summed E-state index contributed by atoms with van der Waals surface area (Å²) in [4.78, 5) is 1.33. The van der Waals surface area contributed by atoms with Gasteiger partial charge in [-0.15, -0.1) is 11.8 Å². The fourth-order valence-corrected chi connectivity index (χ4v) is 2.65. The predicted octanol–water partition coefficient (Wildman–Crippen LogP) is 3.05. The number of rotatable bonds is 2. The van der Waals surface area contributed by atoms with Gasteiger partial charge in [-0.2, -0.15) is 0 Å². The molecule has 1 aliphatic rings. The smallest absolute Gasteiger partial charge is 0.0412 e. The third kappa shape index (κ3) is 1.57. The van der Waals surface area contributed by atoms with Crippen LogP contribution < -0.4 is 5.73 Å². The number of hydrogen-bond acceptors (Lipinski definition) is 2. The van der Waals surface area contributed by atoms with E-state index in [1.54, 1.807) is 11.8 Å². The summed E-state index contributed by atoms with van der Waals surface area (Å²) in [7, 11) is 0. The molecule has 1 aromatic rings. The zero-order valence-electron chi connectivity index (χ0n) is 8.84. The molecule has 1 saturated carbocycles. The summed E-state index contributed by atoms with van der Waals surface area (Å²) >= 11 is 1.79. The van der Waals surface area contributed by atoms with Gasteiger partial charge in [-0.1, -0.05) is 6.07 Å². The van der Waals surface area contributed by atoms with E-state index in [2.05, 4.69) is 31.4 Å². The van der Waals surface area contributed by atoms with Crippen LogP contribution in [0.5, 0.6) is 0 Å². The lowest BCUT2D eigenvalue weighted by atomic mass is 9.71. The maximum absolute atomic E-state index is 6.31. The second-order valence-electron chi connectivity index (χ2n) is 4.19. The molecule has 2 N–H and O–H groups in total. The van der Waals surface area contributed by atoms with Crippen LogP contribution in [0.4, 0.5) is 0 Å². The highest BCUT2D eigenvalue weighted by Crippen LogP contribution is 2.40. The van der Waals surface area contributed by atoms with Crippen LogP contribution in [0.2, 0.25) is 0 Å². The van der Waals surface area contributed by atoms with Gasteiger partial charge in [0.15, 0.2) is 0 Å². The molecule has 1 aromatic carbocycles. The van der Waals surface area contributed by atoms with Crippen molar-refractivity contribution in [3.05, 3.63) is 29.3 Å². The lowest BCUT2D eigenvalue weighted by Crippen LogP contribution is -2.43. The molecule has 0 aliphatic heterocycles. The quantitative estimate of drug-likeness (QED) is 0.754. The molecule has 0 atom stereocenters. The normalized spacial score (nSPS) is 19.1. The van der Waals surface area contributed by atoms with E-state index in [1.807, 2.05) is 0 Å². The number of nitrogens with two attached hydrogens (primary N) is 1. The van der Waals surface area contributed by atoms with Gasteiger partial charge in [0, 0.05) is 10.4 Å². The van der Waals surface area contributed by atoms with Crippen molar-refractivity contribution >= 4 is 11.8 Å². The molecule has 0 heterocycles. The third-order valence-corrected chi connectivity index (χ3v) is 3.94. The van der Waals surface area contributed by atoms with E-state index in [4.69, 9.17) is 5.73 Å². The molecular formula is C12H17NS. The summed E-state index contributed by atoms with van der Waals surface area (Å²) in [6.45, 7) is 2.17. The molecule has 1 fully saturated rings. The Kier molecular flexibility index (Phi) is 2.58. The average molecular weight is 207 g/mol. The van der Waals surface area contributed by atoms with Gasteiger partial charge in [0.2, 0.25) is 0 Å². The van der Waals surface area contributed by atoms with E-state index in [9.17, 15) is 0 Å². The minimum atomic E-state index is -0.0129. The van der Waals surface area contributed by atoms with E-state index in [-0.39, 0.29) is 5.54 Å². The Balaban J connectivity index is 2.35. The molecule has 76 valence electrons. The van der Waals surface area contributed by atoms with Crippen LogP contribution in [-0.2, 0) is 5.54 Å². The van der Waals surface area contributed by atoms with Crippen molar-refractivity contribution in [2.75, 3.05) is 6.26 Å². The Morgan fingerprint density at radius 1 is 1.36 bits per heavy atom. The molecule has 0 aromatic heterocycles. The molecule has 0 spiro atoms. The van der Waals surface area contributed by atoms with Crippen LogP contribution in [0.3, 0.4) is 0 Å². The summed E-state index contributed by atoms with van der Waals surface area (Å²) in [6.07, 6.45) is 5.68. The summed E-state index contributed by atoms with van der Waals surface area (Å²) in [5.41, 5.74) is 8.99. The molecule has 14 heavy (non-hydrogen) atoms. The van der Waals surface area contributed by atoms with Gasteiger partial charge in [0.05, 0.1) is 0 Å². The fourth-order valence-electron chi connectivity index (χ4n) is 2.15. The third-order valence-electron chi connectivity index (χ3n) is 3.22. The van der Waals surface area contributed by atoms with Crippen molar-refractivity contribution in [3.63, 3.8) is 0 Å². The first kappa shape index (κ1) is 10.1. The Morgan fingerprint density at radius 2 is 2.07 bits per heavy atom. The minimum absolute atomic E-state index is 0.0129. The monoisotopic (exact) mass is 207 g/mol. The largest absolute Gasteiger partial charge is 0.321 e. The van der Waals surface area contributed by atoms with E-state index in [0.717, 1.165) is 12.8 Å². The Bertz CT molecular complexity index is 342. The molecule has 2 rings (SSSR count). The van der Waals surface area contributed by atoms with Crippen molar-refractivity contribution < 1.29 is 0 Å². The van der Waals surface area contributed by atoms with E-state index < -0.39 is 0 Å². The number of aryl methyl sites for hydroxylation is 1. The zero-order valence-corrected chi connectivity index (χ0v) is 9.66. The molecule has 0 amide bonds. The number of hydrogen-bond donors (Lipinski definition) is 1. The van der Waals surface area contributed by atoms with Gasteiger partial charge in [0.25, 0.3) is 0 Å². The topological polar surface area (TPSA) is 26.0 Å². The standard InChI is InChI=1S/C12H17NS/c1-9-8-10(14-2)4-5-11(9)12(13)6-3-7-12/h4-5,8H,3,6-7,13H2,1-2H3. The summed E-state index contributed by atoms with van der Waals surface area (Å²) < 4.78 is 0. The Labute approximate surface area is 90.1 Å². The Hall–Kier alpha value is -0.470. The van der Waals surface area contributed by atoms with Crippen LogP contribution in [0.15, 0.2) is 23.1 Å². The van der Waals surface area contributed by atoms with E-state index in [1.165, 1.54) is 22.4 Å². The first-order valence-electron chi connectivity index (χ1n) is 5.10. The van der Waals surface area contributed by atoms with Crippen LogP contribution >= 0.6 is 11.8 Å². The van der Waals surface area contributed by atoms with Crippen LogP contribution in [0, 0.1) is 6.92 Å². The van der Waals surface area contributed by atoms with Gasteiger partial charge in [0.1, 0.15) is 0 Å². The molecule has 0 radical (unpaired) electrons. The first-order valence-corrected chi connectivity index (χ1v) is 6.32. The van der Waals surface area contributed by atoms with E-state index >= 15 is 0 Å². The van der Waals surface area contributed by atoms with Crippen molar-refractivity contribution in [1.82, 2.24) is 0 Å². The maximum Gasteiger partial charge on any atom is 0.0412 e. The number of thioether (sulfide) groups is 1. The lowest BCUT2D eigenvalue weighted by molar-refractivity contribution is 0.252. The molecular weight excluding hydrogens is 190 g/mol. The fraction of sp³-hybridized carbons (Fsp3) is 0.500. The summed E-state index contributed by atoms with van der Waals surface area (Å²) in [5.74, 6) is 0. The predicted molar refractivity (Wildman–Crippen MR) is 62.7 cm³/mol. The lowest BCUT2D eigenvalue weighted by Gasteiger charge is -2.39. The van der Waals surface area contributed by atoms with E-state index in [0.29, 0.717) is 0 Å². The average Bonchev–Trinajstić information content (AvgIpc) is 2.14. The first-order chi connectivity index (χ1) is 6.65. The van der Waals surface area contributed by atoms with Crippen molar-refractivity contribution in [1.29, 1.82) is 0 Å². The maximum atomic E-state index is 6.31. The Morgan fingerprint density at radius 3 is 2.50 bits per heavy atom. The number of benzene rings is 1. The minimum Gasteiger partial charge on any atom is -0.321 e. The highest BCUT2D eigenvalue weighted by atomic mass is 32.2. The molecule has 1 aliphatic carbocycles. The van der Waals surface area contributed by atoms with Gasteiger partial charge in [-0.05, 0) is 55.7 Å². The second kappa shape index (κ2) is 3.59. The van der Waals surface area contributed by atoms with Crippen molar-refractivity contribution in [3.8, 4) is 0 Å². The highest BCUT2D eigenvalue weighted by Gasteiger charge is 2.35. The van der Waals surface area contributed by atoms with Gasteiger partial charge in [-0.3, -0.25) is 0 Å². The van der Waals surface area contributed by atoms with Crippen LogP contribution in [0.25, 0.3) is 0 Å². The molecule has 0 bridgehead atoms. The molecule has 0 saturated heterocycles. The molecule has 1 nitrogen and oxygen atoms in total. The van der Waals surface area contributed by atoms with Gasteiger partial charge < -0.3 is 5.73 Å².